The van der Waals surface area contributed by atoms with Crippen molar-refractivity contribution in [1.29, 1.82) is 0 Å². The first-order valence-corrected chi connectivity index (χ1v) is 10.1. The normalized spacial score (nSPS) is 23.0. The summed E-state index contributed by atoms with van der Waals surface area (Å²) in [6.45, 7) is 0. The maximum Gasteiger partial charge on any atom is 0.271 e. The third kappa shape index (κ3) is 3.67. The molecule has 0 unspecified atom stereocenters. The van der Waals surface area contributed by atoms with Crippen molar-refractivity contribution in [3.63, 3.8) is 0 Å². The lowest BCUT2D eigenvalue weighted by atomic mass is 10.1. The Kier molecular flexibility index (Phi) is 4.73. The molecule has 0 spiro atoms. The molecule has 1 fully saturated rings. The van der Waals surface area contributed by atoms with Crippen molar-refractivity contribution in [2.75, 3.05) is 16.8 Å². The molecule has 3 rings (SSSR count). The number of nitrogens with one attached hydrogen (secondary N) is 1. The summed E-state index contributed by atoms with van der Waals surface area (Å²) in [4.78, 5) is 24.5. The fourth-order valence-corrected chi connectivity index (χ4v) is 4.82. The molecule has 0 saturated carbocycles. The minimum atomic E-state index is -3.13. The number of rotatable bonds is 3. The number of hydrogen-bond donors (Lipinski definition) is 1. The lowest BCUT2D eigenvalue weighted by Gasteiger charge is -2.27. The van der Waals surface area contributed by atoms with Crippen LogP contribution in [0, 0.1) is 0 Å². The standard InChI is InChI=1S/C15H16BrN3O4S/c16-11-3-1-2-4-12(11)17-15(21)13-5-6-14(20)19(18-13)10-7-8-24(22,23)9-10/h1-4,10H,5-9H2,(H,17,21)/t10-/m1/s1. The molecule has 1 saturated heterocycles. The maximum atomic E-state index is 12.4. The van der Waals surface area contributed by atoms with E-state index in [4.69, 9.17) is 0 Å². The number of para-hydroxylation sites is 1. The number of hydrogen-bond acceptors (Lipinski definition) is 5. The van der Waals surface area contributed by atoms with Gasteiger partial charge in [-0.2, -0.15) is 5.10 Å². The van der Waals surface area contributed by atoms with Gasteiger partial charge in [-0.3, -0.25) is 9.59 Å². The number of benzene rings is 1. The summed E-state index contributed by atoms with van der Waals surface area (Å²) in [7, 11) is -3.13. The molecule has 2 aliphatic rings. The molecule has 1 aromatic carbocycles. The van der Waals surface area contributed by atoms with E-state index in [0.29, 0.717) is 12.1 Å². The van der Waals surface area contributed by atoms with Gasteiger partial charge in [0.1, 0.15) is 5.71 Å². The third-order valence-corrected chi connectivity index (χ3v) is 6.44. The van der Waals surface area contributed by atoms with Gasteiger partial charge in [-0.25, -0.2) is 13.4 Å². The van der Waals surface area contributed by atoms with Crippen molar-refractivity contribution in [2.24, 2.45) is 5.10 Å². The molecule has 9 heteroatoms. The number of carbonyl (C=O) groups is 2. The monoisotopic (exact) mass is 413 g/mol. The van der Waals surface area contributed by atoms with Crippen LogP contribution in [0.1, 0.15) is 19.3 Å². The lowest BCUT2D eigenvalue weighted by molar-refractivity contribution is -0.133. The van der Waals surface area contributed by atoms with Gasteiger partial charge in [-0.15, -0.1) is 0 Å². The number of amides is 2. The van der Waals surface area contributed by atoms with Gasteiger partial charge in [0.05, 0.1) is 23.2 Å². The fourth-order valence-electron chi connectivity index (χ4n) is 2.75. The average Bonchev–Trinajstić information content (AvgIpc) is 2.90. The van der Waals surface area contributed by atoms with Gasteiger partial charge in [0.25, 0.3) is 5.91 Å². The average molecular weight is 414 g/mol. The van der Waals surface area contributed by atoms with Crippen LogP contribution in [-0.4, -0.2) is 48.5 Å². The molecule has 0 bridgehead atoms. The van der Waals surface area contributed by atoms with E-state index in [0.717, 1.165) is 4.47 Å². The smallest absolute Gasteiger partial charge is 0.271 e. The summed E-state index contributed by atoms with van der Waals surface area (Å²) >= 11 is 3.35. The zero-order valence-corrected chi connectivity index (χ0v) is 15.1. The Morgan fingerprint density at radius 3 is 2.71 bits per heavy atom. The SMILES string of the molecule is O=C(Nc1ccccc1Br)C1=NN([C@@H]2CCS(=O)(=O)C2)C(=O)CC1. The number of halogens is 1. The maximum absolute atomic E-state index is 12.4. The van der Waals surface area contributed by atoms with E-state index in [9.17, 15) is 18.0 Å². The Labute approximate surface area is 148 Å². The van der Waals surface area contributed by atoms with Gasteiger partial charge < -0.3 is 5.32 Å². The van der Waals surface area contributed by atoms with E-state index in [1.807, 2.05) is 6.07 Å². The van der Waals surface area contributed by atoms with Crippen LogP contribution in [0.5, 0.6) is 0 Å². The molecule has 24 heavy (non-hydrogen) atoms. The summed E-state index contributed by atoms with van der Waals surface area (Å²) < 4.78 is 24.0. The van der Waals surface area contributed by atoms with Crippen molar-refractivity contribution >= 4 is 49.0 Å². The van der Waals surface area contributed by atoms with Crippen LogP contribution in [0.3, 0.4) is 0 Å². The third-order valence-electron chi connectivity index (χ3n) is 4.00. The zero-order chi connectivity index (χ0) is 17.3. The van der Waals surface area contributed by atoms with Gasteiger partial charge in [0.15, 0.2) is 9.84 Å². The molecule has 7 nitrogen and oxygen atoms in total. The largest absolute Gasteiger partial charge is 0.320 e. The van der Waals surface area contributed by atoms with Crippen LogP contribution in [-0.2, 0) is 19.4 Å². The summed E-state index contributed by atoms with van der Waals surface area (Å²) in [6, 6.07) is 6.70. The molecular formula is C15H16BrN3O4S. The Balaban J connectivity index is 1.78. The van der Waals surface area contributed by atoms with Crippen molar-refractivity contribution in [1.82, 2.24) is 5.01 Å². The van der Waals surface area contributed by atoms with Crippen LogP contribution < -0.4 is 5.32 Å². The minimum absolute atomic E-state index is 0.0511. The van der Waals surface area contributed by atoms with Gasteiger partial charge in [-0.1, -0.05) is 12.1 Å². The summed E-state index contributed by atoms with van der Waals surface area (Å²) in [6.07, 6.45) is 0.751. The molecule has 128 valence electrons. The summed E-state index contributed by atoms with van der Waals surface area (Å²) in [5.41, 5.74) is 0.840. The van der Waals surface area contributed by atoms with Gasteiger partial charge in [-0.05, 0) is 34.5 Å². The molecule has 0 aliphatic carbocycles. The quantitative estimate of drug-likeness (QED) is 0.812. The molecular weight excluding hydrogens is 398 g/mol. The Hall–Kier alpha value is -1.74. The van der Waals surface area contributed by atoms with E-state index < -0.39 is 15.9 Å². The van der Waals surface area contributed by atoms with Crippen LogP contribution >= 0.6 is 15.9 Å². The molecule has 2 aliphatic heterocycles. The van der Waals surface area contributed by atoms with E-state index in [-0.39, 0.29) is 41.9 Å². The van der Waals surface area contributed by atoms with E-state index in [1.54, 1.807) is 18.2 Å². The molecule has 1 atom stereocenters. The van der Waals surface area contributed by atoms with Crippen molar-refractivity contribution in [2.45, 2.75) is 25.3 Å². The van der Waals surface area contributed by atoms with Crippen LogP contribution in [0.15, 0.2) is 33.8 Å². The number of nitrogens with zero attached hydrogens (tertiary/aromatic N) is 2. The van der Waals surface area contributed by atoms with Crippen LogP contribution in [0.25, 0.3) is 0 Å². The summed E-state index contributed by atoms with van der Waals surface area (Å²) in [5, 5.41) is 8.08. The molecule has 1 N–H and O–H groups in total. The number of sulfone groups is 1. The van der Waals surface area contributed by atoms with Crippen LogP contribution in [0.2, 0.25) is 0 Å². The Morgan fingerprint density at radius 2 is 2.04 bits per heavy atom. The predicted octanol–water partition coefficient (Wildman–Crippen LogP) is 1.55. The predicted molar refractivity (Wildman–Crippen MR) is 93.3 cm³/mol. The van der Waals surface area contributed by atoms with E-state index >= 15 is 0 Å². The number of carbonyl (C=O) groups excluding carboxylic acids is 2. The van der Waals surface area contributed by atoms with Crippen molar-refractivity contribution in [3.8, 4) is 0 Å². The molecule has 2 amide bonds. The van der Waals surface area contributed by atoms with E-state index in [2.05, 4.69) is 26.3 Å². The number of anilines is 1. The Bertz CT molecular complexity index is 822. The van der Waals surface area contributed by atoms with Gasteiger partial charge in [0.2, 0.25) is 5.91 Å². The second-order valence-electron chi connectivity index (χ2n) is 5.78. The fraction of sp³-hybridized carbons (Fsp3) is 0.400. The molecule has 1 aromatic rings. The van der Waals surface area contributed by atoms with Gasteiger partial charge >= 0.3 is 0 Å². The zero-order valence-electron chi connectivity index (χ0n) is 12.7. The first-order valence-electron chi connectivity index (χ1n) is 7.51. The first kappa shape index (κ1) is 17.1. The minimum Gasteiger partial charge on any atom is -0.320 e. The highest BCUT2D eigenvalue weighted by Gasteiger charge is 2.37. The van der Waals surface area contributed by atoms with Crippen LogP contribution in [0.4, 0.5) is 5.69 Å². The van der Waals surface area contributed by atoms with Crippen molar-refractivity contribution < 1.29 is 18.0 Å². The highest BCUT2D eigenvalue weighted by atomic mass is 79.9. The number of hydrazone groups is 1. The molecule has 0 radical (unpaired) electrons. The second kappa shape index (κ2) is 6.64. The highest BCUT2D eigenvalue weighted by molar-refractivity contribution is 9.10. The molecule has 0 aromatic heterocycles. The topological polar surface area (TPSA) is 95.9 Å². The Morgan fingerprint density at radius 1 is 1.29 bits per heavy atom. The first-order chi connectivity index (χ1) is 11.4. The lowest BCUT2D eigenvalue weighted by Crippen LogP contribution is -2.42. The highest BCUT2D eigenvalue weighted by Crippen LogP contribution is 2.24. The van der Waals surface area contributed by atoms with E-state index in [1.165, 1.54) is 5.01 Å². The molecule has 2 heterocycles. The summed E-state index contributed by atoms with van der Waals surface area (Å²) in [5.74, 6) is -0.675. The second-order valence-corrected chi connectivity index (χ2v) is 8.86. The van der Waals surface area contributed by atoms with Crippen molar-refractivity contribution in [3.05, 3.63) is 28.7 Å². The van der Waals surface area contributed by atoms with Gasteiger partial charge in [0, 0.05) is 17.3 Å².